The number of oxazole rings is 1. The Hall–Kier alpha value is -0.830. The van der Waals surface area contributed by atoms with Crippen LogP contribution in [-0.2, 0) is 0 Å². The van der Waals surface area contributed by atoms with Crippen molar-refractivity contribution in [3.63, 3.8) is 0 Å². The molecule has 10 heavy (non-hydrogen) atoms. The van der Waals surface area contributed by atoms with Crippen molar-refractivity contribution in [1.82, 2.24) is 10.3 Å². The average molecular weight is 138 g/mol. The number of nitrogens with one attached hydrogen (secondary N) is 1. The summed E-state index contributed by atoms with van der Waals surface area (Å²) in [5.41, 5.74) is 0. The summed E-state index contributed by atoms with van der Waals surface area (Å²) in [4.78, 5) is 3.86. The van der Waals surface area contributed by atoms with E-state index in [0.717, 1.165) is 12.3 Å². The molecule has 3 nitrogen and oxygen atoms in total. The summed E-state index contributed by atoms with van der Waals surface area (Å²) >= 11 is 0. The molecule has 1 atom stereocenters. The van der Waals surface area contributed by atoms with Crippen molar-refractivity contribution >= 4 is 0 Å². The van der Waals surface area contributed by atoms with Gasteiger partial charge in [0.25, 0.3) is 0 Å². The quantitative estimate of drug-likeness (QED) is 0.631. The monoisotopic (exact) mass is 138 g/mol. The second kappa shape index (κ2) is 2.42. The Morgan fingerprint density at radius 1 is 1.70 bits per heavy atom. The third-order valence-electron chi connectivity index (χ3n) is 1.86. The Kier molecular flexibility index (Phi) is 1.43. The first-order valence-electron chi connectivity index (χ1n) is 3.58. The maximum Gasteiger partial charge on any atom is 0.180 e. The minimum atomic E-state index is 0.419. The van der Waals surface area contributed by atoms with Crippen molar-refractivity contribution in [1.29, 1.82) is 0 Å². The molecule has 1 aliphatic heterocycles. The van der Waals surface area contributed by atoms with Crippen LogP contribution in [0.15, 0.2) is 17.0 Å². The molecule has 0 spiro atoms. The number of nitrogens with zero attached hydrogens (tertiary/aromatic N) is 1. The fourth-order valence-electron chi connectivity index (χ4n) is 1.33. The highest BCUT2D eigenvalue weighted by Gasteiger charge is 2.18. The van der Waals surface area contributed by atoms with Gasteiger partial charge in [0.2, 0.25) is 0 Å². The topological polar surface area (TPSA) is 38.1 Å². The van der Waals surface area contributed by atoms with Gasteiger partial charge in [-0.3, -0.25) is 0 Å². The zero-order chi connectivity index (χ0) is 6.81. The van der Waals surface area contributed by atoms with Crippen LogP contribution >= 0.6 is 0 Å². The van der Waals surface area contributed by atoms with Crippen molar-refractivity contribution in [3.8, 4) is 0 Å². The summed E-state index contributed by atoms with van der Waals surface area (Å²) in [6, 6.07) is 0.419. The predicted octanol–water partition coefficient (Wildman–Crippen LogP) is 1.10. The standard InChI is InChI=1S/C7H10N2O/c1-2-6(9-3-1)7-4-8-5-10-7/h4-6,9H,1-3H2/t6-/m1/s1. The van der Waals surface area contributed by atoms with E-state index in [4.69, 9.17) is 4.42 Å². The Bertz CT molecular complexity index is 189. The van der Waals surface area contributed by atoms with Crippen LogP contribution < -0.4 is 5.32 Å². The third-order valence-corrected chi connectivity index (χ3v) is 1.86. The fraction of sp³-hybridized carbons (Fsp3) is 0.571. The van der Waals surface area contributed by atoms with Crippen LogP contribution in [0.25, 0.3) is 0 Å². The van der Waals surface area contributed by atoms with Crippen LogP contribution in [0.3, 0.4) is 0 Å². The van der Waals surface area contributed by atoms with E-state index in [0.29, 0.717) is 6.04 Å². The highest BCUT2D eigenvalue weighted by molar-refractivity contribution is 4.99. The molecule has 1 fully saturated rings. The molecule has 1 aromatic heterocycles. The molecule has 0 bridgehead atoms. The van der Waals surface area contributed by atoms with Crippen LogP contribution in [0, 0.1) is 0 Å². The number of rotatable bonds is 1. The first-order chi connectivity index (χ1) is 4.97. The third kappa shape index (κ3) is 0.926. The normalized spacial score (nSPS) is 25.4. The maximum atomic E-state index is 5.14. The molecular formula is C7H10N2O. The highest BCUT2D eigenvalue weighted by atomic mass is 16.3. The molecule has 1 saturated heterocycles. The van der Waals surface area contributed by atoms with Gasteiger partial charge in [-0.25, -0.2) is 4.98 Å². The molecule has 2 rings (SSSR count). The molecular weight excluding hydrogens is 128 g/mol. The lowest BCUT2D eigenvalue weighted by molar-refractivity contribution is 0.443. The lowest BCUT2D eigenvalue weighted by Gasteiger charge is -2.02. The Labute approximate surface area is 59.4 Å². The van der Waals surface area contributed by atoms with Gasteiger partial charge < -0.3 is 9.73 Å². The second-order valence-corrected chi connectivity index (χ2v) is 2.55. The van der Waals surface area contributed by atoms with Gasteiger partial charge in [-0.05, 0) is 19.4 Å². The molecule has 0 aliphatic carbocycles. The van der Waals surface area contributed by atoms with Crippen molar-refractivity contribution in [2.75, 3.05) is 6.54 Å². The van der Waals surface area contributed by atoms with Crippen molar-refractivity contribution in [2.24, 2.45) is 0 Å². The number of hydrogen-bond acceptors (Lipinski definition) is 3. The number of aromatic nitrogens is 1. The molecule has 0 radical (unpaired) electrons. The zero-order valence-corrected chi connectivity index (χ0v) is 5.71. The summed E-state index contributed by atoms with van der Waals surface area (Å²) in [6.45, 7) is 1.10. The van der Waals surface area contributed by atoms with Crippen LogP contribution in [0.5, 0.6) is 0 Å². The molecule has 1 aromatic rings. The number of hydrogen-bond donors (Lipinski definition) is 1. The summed E-state index contributed by atoms with van der Waals surface area (Å²) in [6.07, 6.45) is 5.68. The van der Waals surface area contributed by atoms with Crippen molar-refractivity contribution in [3.05, 3.63) is 18.4 Å². The summed E-state index contributed by atoms with van der Waals surface area (Å²) < 4.78 is 5.14. The Morgan fingerprint density at radius 2 is 2.70 bits per heavy atom. The van der Waals surface area contributed by atoms with E-state index in [1.807, 2.05) is 0 Å². The lowest BCUT2D eigenvalue weighted by atomic mass is 10.2. The first kappa shape index (κ1) is 5.92. The lowest BCUT2D eigenvalue weighted by Crippen LogP contribution is -2.11. The van der Waals surface area contributed by atoms with E-state index >= 15 is 0 Å². The van der Waals surface area contributed by atoms with Gasteiger partial charge in [0, 0.05) is 0 Å². The molecule has 54 valence electrons. The smallest absolute Gasteiger partial charge is 0.180 e. The van der Waals surface area contributed by atoms with Gasteiger partial charge in [-0.2, -0.15) is 0 Å². The SMILES string of the molecule is c1ncc([C@H]2CCCN2)o1. The van der Waals surface area contributed by atoms with Gasteiger partial charge in [0.15, 0.2) is 6.39 Å². The minimum absolute atomic E-state index is 0.419. The molecule has 1 N–H and O–H groups in total. The largest absolute Gasteiger partial charge is 0.447 e. The van der Waals surface area contributed by atoms with Gasteiger partial charge >= 0.3 is 0 Å². The predicted molar refractivity (Wildman–Crippen MR) is 36.5 cm³/mol. The highest BCUT2D eigenvalue weighted by Crippen LogP contribution is 2.21. The van der Waals surface area contributed by atoms with Crippen LogP contribution in [-0.4, -0.2) is 11.5 Å². The molecule has 2 heterocycles. The summed E-state index contributed by atoms with van der Waals surface area (Å²) in [5, 5.41) is 3.33. The van der Waals surface area contributed by atoms with Gasteiger partial charge in [-0.1, -0.05) is 0 Å². The Balaban J connectivity index is 2.12. The summed E-state index contributed by atoms with van der Waals surface area (Å²) in [5.74, 6) is 0.970. The van der Waals surface area contributed by atoms with E-state index in [1.54, 1.807) is 6.20 Å². The van der Waals surface area contributed by atoms with Crippen LogP contribution in [0.4, 0.5) is 0 Å². The Morgan fingerprint density at radius 3 is 3.30 bits per heavy atom. The average Bonchev–Trinajstić information content (AvgIpc) is 2.59. The second-order valence-electron chi connectivity index (χ2n) is 2.55. The van der Waals surface area contributed by atoms with Crippen LogP contribution in [0.2, 0.25) is 0 Å². The van der Waals surface area contributed by atoms with E-state index in [1.165, 1.54) is 19.2 Å². The molecule has 1 aliphatic rings. The van der Waals surface area contributed by atoms with Gasteiger partial charge in [0.05, 0.1) is 12.2 Å². The molecule has 3 heteroatoms. The van der Waals surface area contributed by atoms with E-state index in [-0.39, 0.29) is 0 Å². The molecule has 0 saturated carbocycles. The molecule has 0 unspecified atom stereocenters. The zero-order valence-electron chi connectivity index (χ0n) is 5.71. The van der Waals surface area contributed by atoms with Gasteiger partial charge in [-0.15, -0.1) is 0 Å². The van der Waals surface area contributed by atoms with Crippen molar-refractivity contribution in [2.45, 2.75) is 18.9 Å². The summed E-state index contributed by atoms with van der Waals surface area (Å²) in [7, 11) is 0. The minimum Gasteiger partial charge on any atom is -0.447 e. The maximum absolute atomic E-state index is 5.14. The van der Waals surface area contributed by atoms with Crippen LogP contribution in [0.1, 0.15) is 24.6 Å². The first-order valence-corrected chi connectivity index (χ1v) is 3.58. The molecule has 0 aromatic carbocycles. The van der Waals surface area contributed by atoms with E-state index in [2.05, 4.69) is 10.3 Å². The van der Waals surface area contributed by atoms with E-state index in [9.17, 15) is 0 Å². The van der Waals surface area contributed by atoms with Gasteiger partial charge in [0.1, 0.15) is 5.76 Å². The van der Waals surface area contributed by atoms with Crippen molar-refractivity contribution < 1.29 is 4.42 Å². The van der Waals surface area contributed by atoms with E-state index < -0.39 is 0 Å². The fourth-order valence-corrected chi connectivity index (χ4v) is 1.33. The molecule has 0 amide bonds.